The van der Waals surface area contributed by atoms with Crippen molar-refractivity contribution in [3.8, 4) is 0 Å². The monoisotopic (exact) mass is 398 g/mol. The van der Waals surface area contributed by atoms with Gasteiger partial charge in [0.15, 0.2) is 0 Å². The van der Waals surface area contributed by atoms with Crippen LogP contribution in [0.25, 0.3) is 0 Å². The number of hydrogen-bond donors (Lipinski definition) is 1. The molecule has 0 aliphatic carbocycles. The second-order valence-corrected chi connectivity index (χ2v) is 7.88. The van der Waals surface area contributed by atoms with Crippen molar-refractivity contribution < 1.29 is 13.6 Å². The van der Waals surface area contributed by atoms with Crippen LogP contribution in [-0.4, -0.2) is 17.4 Å². The van der Waals surface area contributed by atoms with E-state index >= 15 is 0 Å². The Morgan fingerprint density at radius 1 is 1.18 bits per heavy atom. The second-order valence-electron chi connectivity index (χ2n) is 6.88. The van der Waals surface area contributed by atoms with E-state index in [0.29, 0.717) is 5.56 Å². The molecule has 1 unspecified atom stereocenters. The number of hydrogen-bond acceptors (Lipinski definition) is 3. The van der Waals surface area contributed by atoms with Crippen LogP contribution in [0, 0.1) is 11.6 Å². The molecule has 0 fully saturated rings. The van der Waals surface area contributed by atoms with Crippen molar-refractivity contribution in [1.82, 2.24) is 4.90 Å². The first-order valence-electron chi connectivity index (χ1n) is 9.14. The number of rotatable bonds is 4. The summed E-state index contributed by atoms with van der Waals surface area (Å²) in [6, 6.07) is 13.5. The Morgan fingerprint density at radius 3 is 2.68 bits per heavy atom. The van der Waals surface area contributed by atoms with Crippen molar-refractivity contribution in [1.29, 1.82) is 0 Å². The quantitative estimate of drug-likeness (QED) is 0.661. The third-order valence-corrected chi connectivity index (χ3v) is 6.09. The van der Waals surface area contributed by atoms with E-state index in [4.69, 9.17) is 0 Å². The van der Waals surface area contributed by atoms with Crippen molar-refractivity contribution in [2.45, 2.75) is 25.9 Å². The molecule has 1 aromatic heterocycles. The van der Waals surface area contributed by atoms with Gasteiger partial charge in [0.2, 0.25) is 5.91 Å². The summed E-state index contributed by atoms with van der Waals surface area (Å²) >= 11 is 1.74. The summed E-state index contributed by atoms with van der Waals surface area (Å²) in [6.07, 6.45) is 0.895. The van der Waals surface area contributed by atoms with Crippen LogP contribution >= 0.6 is 11.3 Å². The van der Waals surface area contributed by atoms with Gasteiger partial charge in [-0.3, -0.25) is 4.79 Å². The van der Waals surface area contributed by atoms with Crippen LogP contribution in [0.3, 0.4) is 0 Å². The fraction of sp³-hybridized carbons (Fsp3) is 0.227. The van der Waals surface area contributed by atoms with Crippen molar-refractivity contribution in [3.05, 3.63) is 87.1 Å². The van der Waals surface area contributed by atoms with Crippen LogP contribution in [0.2, 0.25) is 0 Å². The zero-order valence-corrected chi connectivity index (χ0v) is 16.2. The van der Waals surface area contributed by atoms with Crippen LogP contribution in [0.5, 0.6) is 0 Å². The minimum atomic E-state index is -0.582. The van der Waals surface area contributed by atoms with E-state index < -0.39 is 11.6 Å². The molecule has 1 N–H and O–H groups in total. The molecule has 0 saturated carbocycles. The van der Waals surface area contributed by atoms with E-state index in [0.717, 1.165) is 30.3 Å². The van der Waals surface area contributed by atoms with E-state index in [-0.39, 0.29) is 18.5 Å². The summed E-state index contributed by atoms with van der Waals surface area (Å²) in [5, 5.41) is 5.24. The number of carbonyl (C=O) groups excluding carboxylic acids is 1. The first-order chi connectivity index (χ1) is 13.5. The van der Waals surface area contributed by atoms with Crippen LogP contribution in [0.15, 0.2) is 53.9 Å². The number of carbonyl (C=O) groups is 1. The SMILES string of the molecule is CC(=O)N1CCc2sccc2C1c1ccc(NCc2ccc(F)cc2F)cc1. The molecule has 6 heteroatoms. The molecule has 1 aliphatic heterocycles. The molecular weight excluding hydrogens is 378 g/mol. The molecule has 0 saturated heterocycles. The third kappa shape index (κ3) is 3.64. The normalized spacial score (nSPS) is 16.0. The molecule has 4 rings (SSSR count). The lowest BCUT2D eigenvalue weighted by atomic mass is 9.93. The van der Waals surface area contributed by atoms with Crippen LogP contribution in [0.4, 0.5) is 14.5 Å². The van der Waals surface area contributed by atoms with Gasteiger partial charge in [-0.05, 0) is 47.2 Å². The van der Waals surface area contributed by atoms with Crippen LogP contribution in [-0.2, 0) is 17.8 Å². The molecule has 144 valence electrons. The largest absolute Gasteiger partial charge is 0.381 e. The minimum absolute atomic E-state index is 0.0656. The van der Waals surface area contributed by atoms with Gasteiger partial charge in [-0.15, -0.1) is 11.3 Å². The van der Waals surface area contributed by atoms with E-state index in [1.54, 1.807) is 18.3 Å². The Labute approximate surface area is 166 Å². The molecule has 3 aromatic rings. The van der Waals surface area contributed by atoms with Crippen molar-refractivity contribution in [2.24, 2.45) is 0 Å². The number of benzene rings is 2. The van der Waals surface area contributed by atoms with Crippen LogP contribution < -0.4 is 5.32 Å². The molecule has 0 spiro atoms. The maximum Gasteiger partial charge on any atom is 0.220 e. The molecule has 0 bridgehead atoms. The Morgan fingerprint density at radius 2 is 1.96 bits per heavy atom. The zero-order valence-electron chi connectivity index (χ0n) is 15.4. The van der Waals surface area contributed by atoms with E-state index in [1.807, 2.05) is 29.2 Å². The number of nitrogens with one attached hydrogen (secondary N) is 1. The Bertz CT molecular complexity index is 1000. The molecule has 1 amide bonds. The molecular formula is C22H20F2N2OS. The fourth-order valence-corrected chi connectivity index (χ4v) is 4.56. The summed E-state index contributed by atoms with van der Waals surface area (Å²) in [4.78, 5) is 15.4. The lowest BCUT2D eigenvalue weighted by Gasteiger charge is -2.35. The molecule has 1 aliphatic rings. The van der Waals surface area contributed by atoms with E-state index in [2.05, 4.69) is 16.8 Å². The Hall–Kier alpha value is -2.73. The average molecular weight is 398 g/mol. The fourth-order valence-electron chi connectivity index (χ4n) is 3.66. The van der Waals surface area contributed by atoms with E-state index in [9.17, 15) is 13.6 Å². The van der Waals surface area contributed by atoms with Gasteiger partial charge in [-0.1, -0.05) is 18.2 Å². The summed E-state index contributed by atoms with van der Waals surface area (Å²) in [5.41, 5.74) is 3.49. The summed E-state index contributed by atoms with van der Waals surface area (Å²) in [7, 11) is 0. The highest BCUT2D eigenvalue weighted by atomic mass is 32.1. The van der Waals surface area contributed by atoms with Gasteiger partial charge in [0, 0.05) is 42.2 Å². The summed E-state index contributed by atoms with van der Waals surface area (Å²) in [6.45, 7) is 2.60. The van der Waals surface area contributed by atoms with Gasteiger partial charge in [0.1, 0.15) is 11.6 Å². The number of thiophene rings is 1. The lowest BCUT2D eigenvalue weighted by Crippen LogP contribution is -2.38. The summed E-state index contributed by atoms with van der Waals surface area (Å²) in [5.74, 6) is -1.08. The number of nitrogens with zero attached hydrogens (tertiary/aromatic N) is 1. The van der Waals surface area contributed by atoms with Gasteiger partial charge >= 0.3 is 0 Å². The maximum atomic E-state index is 13.8. The smallest absolute Gasteiger partial charge is 0.220 e. The lowest BCUT2D eigenvalue weighted by molar-refractivity contribution is -0.130. The van der Waals surface area contributed by atoms with Gasteiger partial charge in [0.25, 0.3) is 0 Å². The standard InChI is InChI=1S/C22H20F2N2OS/c1-14(27)26-10-8-21-19(9-11-28-21)22(26)15-3-6-18(7-4-15)25-13-16-2-5-17(23)12-20(16)24/h2-7,9,11-12,22,25H,8,10,13H2,1H3. The maximum absolute atomic E-state index is 13.8. The first kappa shape index (κ1) is 18.6. The minimum Gasteiger partial charge on any atom is -0.381 e. The van der Waals surface area contributed by atoms with Crippen LogP contribution in [0.1, 0.15) is 34.5 Å². The predicted octanol–water partition coefficient (Wildman–Crippen LogP) is 5.13. The summed E-state index contributed by atoms with van der Waals surface area (Å²) < 4.78 is 26.8. The van der Waals surface area contributed by atoms with Gasteiger partial charge in [-0.25, -0.2) is 8.78 Å². The highest BCUT2D eigenvalue weighted by Gasteiger charge is 2.31. The zero-order chi connectivity index (χ0) is 19.7. The van der Waals surface area contributed by atoms with Gasteiger partial charge in [0.05, 0.1) is 6.04 Å². The van der Waals surface area contributed by atoms with Crippen molar-refractivity contribution in [3.63, 3.8) is 0 Å². The molecule has 3 nitrogen and oxygen atoms in total. The van der Waals surface area contributed by atoms with Gasteiger partial charge < -0.3 is 10.2 Å². The molecule has 2 aromatic carbocycles. The third-order valence-electron chi connectivity index (χ3n) is 5.09. The molecule has 1 atom stereocenters. The second kappa shape index (κ2) is 7.72. The Balaban J connectivity index is 1.53. The number of halogens is 2. The number of anilines is 1. The topological polar surface area (TPSA) is 32.3 Å². The Kier molecular flexibility index (Phi) is 5.13. The average Bonchev–Trinajstić information content (AvgIpc) is 3.16. The van der Waals surface area contributed by atoms with E-state index in [1.165, 1.54) is 22.6 Å². The van der Waals surface area contributed by atoms with Crippen molar-refractivity contribution >= 4 is 22.9 Å². The first-order valence-corrected chi connectivity index (χ1v) is 10.0. The van der Waals surface area contributed by atoms with Crippen molar-refractivity contribution in [2.75, 3.05) is 11.9 Å². The number of fused-ring (bicyclic) bond motifs is 1. The molecule has 0 radical (unpaired) electrons. The van der Waals surface area contributed by atoms with Gasteiger partial charge in [-0.2, -0.15) is 0 Å². The predicted molar refractivity (Wildman–Crippen MR) is 107 cm³/mol. The highest BCUT2D eigenvalue weighted by molar-refractivity contribution is 7.10. The molecule has 2 heterocycles. The molecule has 28 heavy (non-hydrogen) atoms. The number of amides is 1. The highest BCUT2D eigenvalue weighted by Crippen LogP contribution is 2.38.